The summed E-state index contributed by atoms with van der Waals surface area (Å²) < 4.78 is 0. The van der Waals surface area contributed by atoms with Crippen LogP contribution in [0.25, 0.3) is 0 Å². The van der Waals surface area contributed by atoms with Crippen molar-refractivity contribution in [3.8, 4) is 0 Å². The van der Waals surface area contributed by atoms with Crippen LogP contribution in [0.15, 0.2) is 18.2 Å². The van der Waals surface area contributed by atoms with Crippen molar-refractivity contribution in [1.82, 2.24) is 4.90 Å². The Morgan fingerprint density at radius 2 is 2.06 bits per heavy atom. The van der Waals surface area contributed by atoms with Gasteiger partial charge in [0.1, 0.15) is 6.54 Å². The molecule has 1 rings (SSSR count). The molecule has 0 spiro atoms. The Kier molecular flexibility index (Phi) is 4.55. The second-order valence-electron chi connectivity index (χ2n) is 4.16. The fourth-order valence-corrected chi connectivity index (χ4v) is 1.59. The minimum Gasteiger partial charge on any atom is -0.480 e. The fraction of sp³-hybridized carbons (Fsp3) is 0.333. The average Bonchev–Trinajstić information content (AvgIpc) is 2.28. The monoisotopic (exact) mass is 270 g/mol. The number of carboxylic acids is 1. The van der Waals surface area contributed by atoms with Gasteiger partial charge in [0.2, 0.25) is 0 Å². The van der Waals surface area contributed by atoms with E-state index in [4.69, 9.17) is 22.4 Å². The van der Waals surface area contributed by atoms with Crippen molar-refractivity contribution < 1.29 is 14.7 Å². The molecule has 0 aliphatic carbocycles. The lowest BCUT2D eigenvalue weighted by Gasteiger charge is -2.25. The van der Waals surface area contributed by atoms with Crippen molar-refractivity contribution in [3.05, 3.63) is 28.8 Å². The summed E-state index contributed by atoms with van der Waals surface area (Å²) >= 11 is 5.77. The molecule has 0 saturated carbocycles. The maximum atomic E-state index is 12.1. The molecule has 0 aromatic heterocycles. The smallest absolute Gasteiger partial charge is 0.323 e. The lowest BCUT2D eigenvalue weighted by atomic mass is 10.1. The maximum absolute atomic E-state index is 12.1. The van der Waals surface area contributed by atoms with Gasteiger partial charge in [0, 0.05) is 11.6 Å². The molecule has 0 bridgehead atoms. The Morgan fingerprint density at radius 1 is 1.44 bits per heavy atom. The summed E-state index contributed by atoms with van der Waals surface area (Å²) in [4.78, 5) is 24.1. The number of nitrogens with two attached hydrogens (primary N) is 1. The minimum absolute atomic E-state index is 0.217. The van der Waals surface area contributed by atoms with Crippen LogP contribution in [-0.2, 0) is 4.79 Å². The SMILES string of the molecule is CC(C)N(CC(=O)O)C(=O)c1ccc(Cl)c(N)c1. The van der Waals surface area contributed by atoms with Crippen LogP contribution < -0.4 is 5.73 Å². The summed E-state index contributed by atoms with van der Waals surface area (Å²) in [7, 11) is 0. The fourth-order valence-electron chi connectivity index (χ4n) is 1.48. The molecule has 0 unspecified atom stereocenters. The zero-order valence-electron chi connectivity index (χ0n) is 10.2. The van der Waals surface area contributed by atoms with Crippen molar-refractivity contribution in [2.24, 2.45) is 0 Å². The molecule has 98 valence electrons. The number of hydrogen-bond donors (Lipinski definition) is 2. The third-order valence-corrected chi connectivity index (χ3v) is 2.78. The number of nitrogen functional groups attached to an aromatic ring is 1. The van der Waals surface area contributed by atoms with Crippen molar-refractivity contribution in [2.45, 2.75) is 19.9 Å². The number of amides is 1. The quantitative estimate of drug-likeness (QED) is 0.818. The van der Waals surface area contributed by atoms with E-state index in [-0.39, 0.29) is 18.5 Å². The van der Waals surface area contributed by atoms with E-state index in [1.807, 2.05) is 0 Å². The number of aliphatic carboxylic acids is 1. The van der Waals surface area contributed by atoms with Gasteiger partial charge in [-0.3, -0.25) is 9.59 Å². The molecule has 3 N–H and O–H groups in total. The molecule has 0 heterocycles. The number of rotatable bonds is 4. The van der Waals surface area contributed by atoms with Crippen molar-refractivity contribution in [3.63, 3.8) is 0 Å². The van der Waals surface area contributed by atoms with Crippen LogP contribution in [0, 0.1) is 0 Å². The standard InChI is InChI=1S/C12H15ClN2O3/c1-7(2)15(6-11(16)17)12(18)8-3-4-9(13)10(14)5-8/h3-5,7H,6,14H2,1-2H3,(H,16,17). The molecule has 18 heavy (non-hydrogen) atoms. The molecule has 1 amide bonds. The summed E-state index contributed by atoms with van der Waals surface area (Å²) in [5.41, 5.74) is 6.24. The zero-order valence-corrected chi connectivity index (χ0v) is 10.9. The van der Waals surface area contributed by atoms with Crippen LogP contribution in [0.3, 0.4) is 0 Å². The maximum Gasteiger partial charge on any atom is 0.323 e. The van der Waals surface area contributed by atoms with Gasteiger partial charge in [0.05, 0.1) is 10.7 Å². The number of carboxylic acid groups (broad SMARTS) is 1. The summed E-state index contributed by atoms with van der Waals surface area (Å²) in [5, 5.41) is 9.15. The zero-order chi connectivity index (χ0) is 13.9. The van der Waals surface area contributed by atoms with Crippen LogP contribution in [0.1, 0.15) is 24.2 Å². The van der Waals surface area contributed by atoms with Crippen LogP contribution in [0.5, 0.6) is 0 Å². The van der Waals surface area contributed by atoms with Gasteiger partial charge in [-0.2, -0.15) is 0 Å². The normalized spacial score (nSPS) is 10.4. The lowest BCUT2D eigenvalue weighted by molar-refractivity contribution is -0.138. The number of carbonyl (C=O) groups excluding carboxylic acids is 1. The van der Waals surface area contributed by atoms with E-state index in [9.17, 15) is 9.59 Å². The van der Waals surface area contributed by atoms with E-state index in [1.54, 1.807) is 13.8 Å². The highest BCUT2D eigenvalue weighted by molar-refractivity contribution is 6.33. The highest BCUT2D eigenvalue weighted by atomic mass is 35.5. The number of anilines is 1. The topological polar surface area (TPSA) is 83.6 Å². The summed E-state index contributed by atoms with van der Waals surface area (Å²) in [6.07, 6.45) is 0. The van der Waals surface area contributed by atoms with E-state index in [0.717, 1.165) is 0 Å². The Morgan fingerprint density at radius 3 is 2.50 bits per heavy atom. The Bertz CT molecular complexity index is 474. The third-order valence-electron chi connectivity index (χ3n) is 2.43. The van der Waals surface area contributed by atoms with Crippen molar-refractivity contribution >= 4 is 29.2 Å². The second kappa shape index (κ2) is 5.73. The molecule has 0 aliphatic rings. The van der Waals surface area contributed by atoms with Gasteiger partial charge >= 0.3 is 5.97 Å². The molecule has 0 aliphatic heterocycles. The number of benzene rings is 1. The minimum atomic E-state index is -1.06. The summed E-state index contributed by atoms with van der Waals surface area (Å²) in [6.45, 7) is 3.15. The number of nitrogens with zero attached hydrogens (tertiary/aromatic N) is 1. The molecule has 0 fully saturated rings. The van der Waals surface area contributed by atoms with E-state index >= 15 is 0 Å². The molecule has 5 nitrogen and oxygen atoms in total. The average molecular weight is 271 g/mol. The largest absolute Gasteiger partial charge is 0.480 e. The number of hydrogen-bond acceptors (Lipinski definition) is 3. The summed E-state index contributed by atoms with van der Waals surface area (Å²) in [6, 6.07) is 4.27. The van der Waals surface area contributed by atoms with E-state index in [1.165, 1.54) is 23.1 Å². The van der Waals surface area contributed by atoms with Gasteiger partial charge in [-0.1, -0.05) is 11.6 Å². The predicted octanol–water partition coefficient (Wildman–Crippen LogP) is 1.86. The highest BCUT2D eigenvalue weighted by Crippen LogP contribution is 2.20. The summed E-state index contributed by atoms with van der Waals surface area (Å²) in [5.74, 6) is -1.44. The molecule has 1 aromatic carbocycles. The van der Waals surface area contributed by atoms with Gasteiger partial charge in [0.25, 0.3) is 5.91 Å². The Hall–Kier alpha value is -1.75. The Balaban J connectivity index is 3.02. The van der Waals surface area contributed by atoms with Gasteiger partial charge in [0.15, 0.2) is 0 Å². The molecule has 0 saturated heterocycles. The lowest BCUT2D eigenvalue weighted by Crippen LogP contribution is -2.40. The van der Waals surface area contributed by atoms with Gasteiger partial charge in [-0.05, 0) is 32.0 Å². The first-order chi connectivity index (χ1) is 8.32. The van der Waals surface area contributed by atoms with Crippen molar-refractivity contribution in [2.75, 3.05) is 12.3 Å². The van der Waals surface area contributed by atoms with Gasteiger partial charge in [-0.15, -0.1) is 0 Å². The molecule has 1 aromatic rings. The van der Waals surface area contributed by atoms with Crippen LogP contribution in [-0.4, -0.2) is 34.5 Å². The molecule has 0 atom stereocenters. The third kappa shape index (κ3) is 3.37. The van der Waals surface area contributed by atoms with Crippen molar-refractivity contribution in [1.29, 1.82) is 0 Å². The van der Waals surface area contributed by atoms with E-state index < -0.39 is 5.97 Å². The predicted molar refractivity (Wildman–Crippen MR) is 69.7 cm³/mol. The first-order valence-corrected chi connectivity index (χ1v) is 5.78. The second-order valence-corrected chi connectivity index (χ2v) is 4.56. The van der Waals surface area contributed by atoms with E-state index in [2.05, 4.69) is 0 Å². The molecule has 6 heteroatoms. The molecule has 0 radical (unpaired) electrons. The van der Waals surface area contributed by atoms with Crippen LogP contribution >= 0.6 is 11.6 Å². The Labute approximate surface area is 110 Å². The van der Waals surface area contributed by atoms with E-state index in [0.29, 0.717) is 16.3 Å². The first-order valence-electron chi connectivity index (χ1n) is 5.40. The highest BCUT2D eigenvalue weighted by Gasteiger charge is 2.21. The van der Waals surface area contributed by atoms with Crippen LogP contribution in [0.2, 0.25) is 5.02 Å². The van der Waals surface area contributed by atoms with Crippen LogP contribution in [0.4, 0.5) is 5.69 Å². The number of carbonyl (C=O) groups is 2. The molecular weight excluding hydrogens is 256 g/mol. The molecular formula is C12H15ClN2O3. The first kappa shape index (κ1) is 14.3. The van der Waals surface area contributed by atoms with Gasteiger partial charge < -0.3 is 15.7 Å². The van der Waals surface area contributed by atoms with Gasteiger partial charge in [-0.25, -0.2) is 0 Å². The number of halogens is 1.